The van der Waals surface area contributed by atoms with Crippen LogP contribution in [0.15, 0.2) is 12.1 Å². The molecule has 8 heteroatoms. The summed E-state index contributed by atoms with van der Waals surface area (Å²) >= 11 is 0. The molecule has 1 atom stereocenters. The van der Waals surface area contributed by atoms with Crippen molar-refractivity contribution in [2.24, 2.45) is 0 Å². The molecule has 1 unspecified atom stereocenters. The normalized spacial score (nSPS) is 12.2. The van der Waals surface area contributed by atoms with Gasteiger partial charge in [0.25, 0.3) is 5.69 Å². The maximum Gasteiger partial charge on any atom is 0.337 e. The highest BCUT2D eigenvalue weighted by atomic mass is 19.1. The summed E-state index contributed by atoms with van der Waals surface area (Å²) in [7, 11) is 0. The fourth-order valence-electron chi connectivity index (χ4n) is 1.12. The largest absolute Gasteiger partial charge is 0.479 e. The third-order valence-electron chi connectivity index (χ3n) is 1.78. The van der Waals surface area contributed by atoms with Crippen molar-refractivity contribution in [3.05, 3.63) is 39.4 Å². The van der Waals surface area contributed by atoms with Crippen LogP contribution in [-0.2, 0) is 4.79 Å². The number of nitro groups is 1. The lowest BCUT2D eigenvalue weighted by Gasteiger charge is -2.07. The number of rotatable bonds is 3. The molecule has 0 aromatic heterocycles. The van der Waals surface area contributed by atoms with Gasteiger partial charge in [0.1, 0.15) is 17.2 Å². The van der Waals surface area contributed by atoms with Gasteiger partial charge in [-0.05, 0) is 0 Å². The number of aliphatic hydroxyl groups excluding tert-OH is 1. The van der Waals surface area contributed by atoms with E-state index in [0.29, 0.717) is 6.07 Å². The summed E-state index contributed by atoms with van der Waals surface area (Å²) in [6.07, 6.45) is -2.42. The summed E-state index contributed by atoms with van der Waals surface area (Å²) in [6.45, 7) is 0. The van der Waals surface area contributed by atoms with Crippen molar-refractivity contribution >= 4 is 11.7 Å². The first-order valence-electron chi connectivity index (χ1n) is 3.88. The number of hydrogen-bond acceptors (Lipinski definition) is 4. The molecule has 0 amide bonds. The van der Waals surface area contributed by atoms with Crippen LogP contribution in [0.1, 0.15) is 11.7 Å². The van der Waals surface area contributed by atoms with Crippen LogP contribution in [-0.4, -0.2) is 21.1 Å². The van der Waals surface area contributed by atoms with Crippen LogP contribution in [0.2, 0.25) is 0 Å². The smallest absolute Gasteiger partial charge is 0.337 e. The molecule has 86 valence electrons. The van der Waals surface area contributed by atoms with Crippen molar-refractivity contribution in [2.45, 2.75) is 6.10 Å². The van der Waals surface area contributed by atoms with Crippen molar-refractivity contribution in [1.29, 1.82) is 0 Å². The molecule has 0 aliphatic carbocycles. The van der Waals surface area contributed by atoms with E-state index in [4.69, 9.17) is 10.2 Å². The SMILES string of the molecule is O=C(O)C(O)c1c(F)cc(F)cc1[N+](=O)[O-]. The number of benzene rings is 1. The molecule has 0 aliphatic heterocycles. The topological polar surface area (TPSA) is 101 Å². The molecule has 16 heavy (non-hydrogen) atoms. The summed E-state index contributed by atoms with van der Waals surface area (Å²) in [5.41, 5.74) is -2.19. The summed E-state index contributed by atoms with van der Waals surface area (Å²) in [5, 5.41) is 27.9. The lowest BCUT2D eigenvalue weighted by molar-refractivity contribution is -0.386. The number of aliphatic carboxylic acids is 1. The molecule has 0 fully saturated rings. The minimum absolute atomic E-state index is 0.258. The first-order valence-corrected chi connectivity index (χ1v) is 3.88. The second kappa shape index (κ2) is 4.19. The first kappa shape index (κ1) is 12.0. The Bertz CT molecular complexity index is 462. The summed E-state index contributed by atoms with van der Waals surface area (Å²) < 4.78 is 25.8. The lowest BCUT2D eigenvalue weighted by Crippen LogP contribution is -2.14. The molecule has 0 saturated carbocycles. The third-order valence-corrected chi connectivity index (χ3v) is 1.78. The monoisotopic (exact) mass is 233 g/mol. The van der Waals surface area contributed by atoms with Gasteiger partial charge in [-0.25, -0.2) is 13.6 Å². The lowest BCUT2D eigenvalue weighted by atomic mass is 10.1. The summed E-state index contributed by atoms with van der Waals surface area (Å²) in [4.78, 5) is 19.6. The minimum Gasteiger partial charge on any atom is -0.479 e. The number of nitrogens with zero attached hydrogens (tertiary/aromatic N) is 1. The van der Waals surface area contributed by atoms with Crippen LogP contribution in [0.25, 0.3) is 0 Å². The Kier molecular flexibility index (Phi) is 3.14. The molecule has 1 aromatic rings. The van der Waals surface area contributed by atoms with E-state index in [1.54, 1.807) is 0 Å². The van der Waals surface area contributed by atoms with Gasteiger partial charge >= 0.3 is 5.97 Å². The number of hydrogen-bond donors (Lipinski definition) is 2. The highest BCUT2D eigenvalue weighted by molar-refractivity contribution is 5.76. The van der Waals surface area contributed by atoms with E-state index in [2.05, 4.69) is 0 Å². The van der Waals surface area contributed by atoms with Gasteiger partial charge in [-0.15, -0.1) is 0 Å². The van der Waals surface area contributed by atoms with Gasteiger partial charge in [0, 0.05) is 6.07 Å². The first-order chi connectivity index (χ1) is 7.34. The molecule has 0 aliphatic rings. The minimum atomic E-state index is -2.42. The maximum atomic E-state index is 13.1. The van der Waals surface area contributed by atoms with Crippen LogP contribution in [0.3, 0.4) is 0 Å². The molecule has 6 nitrogen and oxygen atoms in total. The molecule has 0 saturated heterocycles. The van der Waals surface area contributed by atoms with Crippen molar-refractivity contribution in [2.75, 3.05) is 0 Å². The standard InChI is InChI=1S/C8H5F2NO5/c9-3-1-4(10)6(7(12)8(13)14)5(2-3)11(15)16/h1-2,7,12H,(H,13,14). The Balaban J connectivity index is 3.46. The van der Waals surface area contributed by atoms with Crippen molar-refractivity contribution in [3.63, 3.8) is 0 Å². The zero-order chi connectivity index (χ0) is 12.5. The summed E-state index contributed by atoms with van der Waals surface area (Å²) in [6, 6.07) is 0.596. The molecular weight excluding hydrogens is 228 g/mol. The quantitative estimate of drug-likeness (QED) is 0.598. The predicted octanol–water partition coefficient (Wildman–Crippen LogP) is 0.991. The predicted molar refractivity (Wildman–Crippen MR) is 45.6 cm³/mol. The van der Waals surface area contributed by atoms with Crippen molar-refractivity contribution in [1.82, 2.24) is 0 Å². The zero-order valence-electron chi connectivity index (χ0n) is 7.55. The average Bonchev–Trinajstić information content (AvgIpc) is 2.15. The van der Waals surface area contributed by atoms with Crippen LogP contribution >= 0.6 is 0 Å². The highest BCUT2D eigenvalue weighted by Gasteiger charge is 2.30. The Morgan fingerprint density at radius 3 is 2.44 bits per heavy atom. The number of carbonyl (C=O) groups is 1. The molecule has 0 bridgehead atoms. The fraction of sp³-hybridized carbons (Fsp3) is 0.125. The fourth-order valence-corrected chi connectivity index (χ4v) is 1.12. The van der Waals surface area contributed by atoms with Gasteiger partial charge in [-0.3, -0.25) is 10.1 Å². The van der Waals surface area contributed by atoms with Gasteiger partial charge in [-0.2, -0.15) is 0 Å². The molecular formula is C8H5F2NO5. The van der Waals surface area contributed by atoms with E-state index in [-0.39, 0.29) is 6.07 Å². The van der Waals surface area contributed by atoms with E-state index in [1.807, 2.05) is 0 Å². The van der Waals surface area contributed by atoms with Crippen molar-refractivity contribution < 1.29 is 28.7 Å². The van der Waals surface area contributed by atoms with Crippen LogP contribution in [0.5, 0.6) is 0 Å². The second-order valence-electron chi connectivity index (χ2n) is 2.82. The number of carboxylic acids is 1. The number of halogens is 2. The van der Waals surface area contributed by atoms with E-state index >= 15 is 0 Å². The van der Waals surface area contributed by atoms with Gasteiger partial charge in [-0.1, -0.05) is 0 Å². The molecule has 2 N–H and O–H groups in total. The maximum absolute atomic E-state index is 13.1. The van der Waals surface area contributed by atoms with E-state index in [1.165, 1.54) is 0 Å². The summed E-state index contributed by atoms with van der Waals surface area (Å²) in [5.74, 6) is -4.58. The van der Waals surface area contributed by atoms with E-state index in [9.17, 15) is 23.7 Å². The van der Waals surface area contributed by atoms with Crippen molar-refractivity contribution in [3.8, 4) is 0 Å². The molecule has 0 heterocycles. The Hall–Kier alpha value is -2.09. The molecule has 1 rings (SSSR count). The molecule has 1 aromatic carbocycles. The van der Waals surface area contributed by atoms with E-state index in [0.717, 1.165) is 0 Å². The van der Waals surface area contributed by atoms with Gasteiger partial charge < -0.3 is 10.2 Å². The number of carboxylic acid groups (broad SMARTS) is 1. The van der Waals surface area contributed by atoms with Gasteiger partial charge in [0.05, 0.1) is 11.0 Å². The second-order valence-corrected chi connectivity index (χ2v) is 2.82. The van der Waals surface area contributed by atoms with Crippen LogP contribution < -0.4 is 0 Å². The average molecular weight is 233 g/mol. The third kappa shape index (κ3) is 2.11. The number of aliphatic hydroxyl groups is 1. The molecule has 0 radical (unpaired) electrons. The van der Waals surface area contributed by atoms with Gasteiger partial charge in [0.2, 0.25) is 0 Å². The highest BCUT2D eigenvalue weighted by Crippen LogP contribution is 2.29. The van der Waals surface area contributed by atoms with Crippen LogP contribution in [0, 0.1) is 21.7 Å². The Morgan fingerprint density at radius 2 is 2.00 bits per heavy atom. The zero-order valence-corrected chi connectivity index (χ0v) is 7.55. The number of nitro benzene ring substituents is 1. The Labute approximate surface area is 86.9 Å². The van der Waals surface area contributed by atoms with Gasteiger partial charge in [0.15, 0.2) is 6.10 Å². The molecule has 0 spiro atoms. The van der Waals surface area contributed by atoms with Crippen LogP contribution in [0.4, 0.5) is 14.5 Å². The van der Waals surface area contributed by atoms with E-state index < -0.39 is 39.9 Å². The Morgan fingerprint density at radius 1 is 1.44 bits per heavy atom.